The molecule has 43 heavy (non-hydrogen) atoms. The zero-order chi connectivity index (χ0) is 29.7. The highest BCUT2D eigenvalue weighted by molar-refractivity contribution is 5.52. The highest BCUT2D eigenvalue weighted by Gasteiger charge is 2.30. The van der Waals surface area contributed by atoms with E-state index in [1.54, 1.807) is 54.1 Å². The van der Waals surface area contributed by atoms with Gasteiger partial charge in [-0.15, -0.1) is 0 Å². The van der Waals surface area contributed by atoms with Crippen molar-refractivity contribution in [2.45, 2.75) is 6.04 Å². The summed E-state index contributed by atoms with van der Waals surface area (Å²) in [5.41, 5.74) is 2.22. The van der Waals surface area contributed by atoms with Crippen molar-refractivity contribution in [3.8, 4) is 23.2 Å². The number of aromatic nitrogens is 8. The molecule has 0 aliphatic carbocycles. The predicted molar refractivity (Wildman–Crippen MR) is 156 cm³/mol. The van der Waals surface area contributed by atoms with Crippen LogP contribution in [-0.2, 0) is 21.3 Å². The minimum Gasteiger partial charge on any atom is -0.377 e. The summed E-state index contributed by atoms with van der Waals surface area (Å²) in [5, 5.41) is 4.15. The Hall–Kier alpha value is -4.58. The minimum atomic E-state index is -0.494. The van der Waals surface area contributed by atoms with E-state index < -0.39 is 6.67 Å². The van der Waals surface area contributed by atoms with Crippen molar-refractivity contribution in [2.75, 3.05) is 75.7 Å². The summed E-state index contributed by atoms with van der Waals surface area (Å²) in [4.78, 5) is 31.1. The van der Waals surface area contributed by atoms with Crippen molar-refractivity contribution >= 4 is 11.9 Å². The highest BCUT2D eigenvalue weighted by atomic mass is 19.1. The molecule has 4 aromatic rings. The lowest BCUT2D eigenvalue weighted by molar-refractivity contribution is 0.00960. The van der Waals surface area contributed by atoms with E-state index >= 15 is 0 Å². The van der Waals surface area contributed by atoms with Crippen LogP contribution in [0.3, 0.4) is 0 Å². The molecule has 1 saturated heterocycles. The van der Waals surface area contributed by atoms with Crippen LogP contribution in [0.5, 0.6) is 0 Å². The average Bonchev–Trinajstić information content (AvgIpc) is 3.50. The largest absolute Gasteiger partial charge is 0.377 e. The molecule has 1 aliphatic heterocycles. The summed E-state index contributed by atoms with van der Waals surface area (Å²) < 4.78 is 30.3. The maximum atomic E-state index is 12.1. The first-order valence-corrected chi connectivity index (χ1v) is 13.9. The lowest BCUT2D eigenvalue weighted by Crippen LogP contribution is -2.56. The maximum absolute atomic E-state index is 12.1. The Labute approximate surface area is 249 Å². The second-order valence-corrected chi connectivity index (χ2v) is 9.55. The number of halogens is 1. The first kappa shape index (κ1) is 29.9. The van der Waals surface area contributed by atoms with E-state index in [0.717, 1.165) is 5.56 Å². The Morgan fingerprint density at radius 2 is 1.44 bits per heavy atom. The molecule has 224 valence electrons. The summed E-state index contributed by atoms with van der Waals surface area (Å²) in [6.07, 6.45) is 13.8. The zero-order valence-electron chi connectivity index (χ0n) is 23.9. The van der Waals surface area contributed by atoms with Crippen LogP contribution in [0.1, 0.15) is 11.1 Å². The normalized spacial score (nSPS) is 14.9. The fourth-order valence-electron chi connectivity index (χ4n) is 4.37. The number of aryl methyl sites for hydroxylation is 1. The van der Waals surface area contributed by atoms with Gasteiger partial charge in [-0.1, -0.05) is 11.8 Å². The summed E-state index contributed by atoms with van der Waals surface area (Å²) in [6.45, 7) is 3.65. The zero-order valence-corrected chi connectivity index (χ0v) is 23.9. The first-order chi connectivity index (χ1) is 21.2. The van der Waals surface area contributed by atoms with Crippen molar-refractivity contribution in [2.24, 2.45) is 7.05 Å². The number of anilines is 2. The Morgan fingerprint density at radius 3 is 2.09 bits per heavy atom. The number of hydrogen-bond acceptors (Lipinski definition) is 12. The standard InChI is InChI=1S/C29H33FN10O3/c1-38-20-25(19-37-38)27-33-15-23(16-34-27)3-4-24-17-35-28(36-18-24)39-8-9-40(29-31-6-2-7-32-29)26(21-39)22-43-14-13-42-12-11-41-10-5-30/h2,6-7,15-20,26H,5,8-14,21-22H2,1H3. The summed E-state index contributed by atoms with van der Waals surface area (Å²) in [7, 11) is 1.85. The van der Waals surface area contributed by atoms with E-state index in [0.29, 0.717) is 81.5 Å². The molecule has 1 unspecified atom stereocenters. The molecule has 1 aliphatic rings. The quantitative estimate of drug-likeness (QED) is 0.166. The molecule has 1 atom stereocenters. The minimum absolute atomic E-state index is 0.0262. The van der Waals surface area contributed by atoms with Crippen molar-refractivity contribution < 1.29 is 18.6 Å². The lowest BCUT2D eigenvalue weighted by atomic mass is 10.2. The summed E-state index contributed by atoms with van der Waals surface area (Å²) >= 11 is 0. The molecule has 5 rings (SSSR count). The Kier molecular flexibility index (Phi) is 10.8. The molecule has 0 radical (unpaired) electrons. The van der Waals surface area contributed by atoms with Crippen LogP contribution >= 0.6 is 0 Å². The molecule has 5 heterocycles. The third-order valence-electron chi connectivity index (χ3n) is 6.45. The van der Waals surface area contributed by atoms with Gasteiger partial charge in [0.1, 0.15) is 6.67 Å². The number of ether oxygens (including phenoxy) is 3. The lowest BCUT2D eigenvalue weighted by Gasteiger charge is -2.41. The van der Waals surface area contributed by atoms with Gasteiger partial charge < -0.3 is 24.0 Å². The van der Waals surface area contributed by atoms with Gasteiger partial charge in [0.05, 0.1) is 68.6 Å². The van der Waals surface area contributed by atoms with Gasteiger partial charge in [0.2, 0.25) is 11.9 Å². The third-order valence-corrected chi connectivity index (χ3v) is 6.45. The molecule has 0 aromatic carbocycles. The Morgan fingerprint density at radius 1 is 0.791 bits per heavy atom. The van der Waals surface area contributed by atoms with Gasteiger partial charge in [-0.05, 0) is 6.07 Å². The van der Waals surface area contributed by atoms with Gasteiger partial charge in [-0.3, -0.25) is 4.68 Å². The van der Waals surface area contributed by atoms with Gasteiger partial charge in [0.25, 0.3) is 0 Å². The van der Waals surface area contributed by atoms with E-state index in [9.17, 15) is 4.39 Å². The van der Waals surface area contributed by atoms with E-state index in [1.165, 1.54) is 0 Å². The van der Waals surface area contributed by atoms with E-state index in [4.69, 9.17) is 14.2 Å². The van der Waals surface area contributed by atoms with Crippen LogP contribution < -0.4 is 9.80 Å². The second kappa shape index (κ2) is 15.6. The van der Waals surface area contributed by atoms with E-state index in [1.807, 2.05) is 13.2 Å². The SMILES string of the molecule is Cn1cc(-c2ncc(C#Cc3cnc(N4CCN(c5ncccn5)C(COCCOCCOCCF)C4)nc3)cn2)cn1. The van der Waals surface area contributed by atoms with Crippen molar-refractivity contribution in [1.82, 2.24) is 39.7 Å². The summed E-state index contributed by atoms with van der Waals surface area (Å²) in [5.74, 6) is 8.01. The molecule has 0 amide bonds. The molecule has 4 aromatic heterocycles. The van der Waals surface area contributed by atoms with Crippen LogP contribution in [0.2, 0.25) is 0 Å². The van der Waals surface area contributed by atoms with Gasteiger partial charge in [0.15, 0.2) is 5.82 Å². The maximum Gasteiger partial charge on any atom is 0.225 e. The molecule has 13 nitrogen and oxygen atoms in total. The van der Waals surface area contributed by atoms with Crippen LogP contribution in [0.15, 0.2) is 55.6 Å². The molecule has 0 bridgehead atoms. The van der Waals surface area contributed by atoms with Gasteiger partial charge in [0, 0.05) is 70.1 Å². The van der Waals surface area contributed by atoms with Gasteiger partial charge in [-0.25, -0.2) is 34.3 Å². The van der Waals surface area contributed by atoms with Crippen molar-refractivity contribution in [1.29, 1.82) is 0 Å². The topological polar surface area (TPSA) is 129 Å². The van der Waals surface area contributed by atoms with Gasteiger partial charge >= 0.3 is 0 Å². The first-order valence-electron chi connectivity index (χ1n) is 13.9. The number of piperazine rings is 1. The van der Waals surface area contributed by atoms with E-state index in [2.05, 4.69) is 56.6 Å². The molecule has 1 fully saturated rings. The Balaban J connectivity index is 1.16. The molecule has 14 heteroatoms. The van der Waals surface area contributed by atoms with Crippen LogP contribution in [-0.4, -0.2) is 112 Å². The van der Waals surface area contributed by atoms with Gasteiger partial charge in [-0.2, -0.15) is 5.10 Å². The predicted octanol–water partition coefficient (Wildman–Crippen LogP) is 1.57. The van der Waals surface area contributed by atoms with Crippen LogP contribution in [0.4, 0.5) is 16.3 Å². The molecule has 0 N–H and O–H groups in total. The van der Waals surface area contributed by atoms with Crippen LogP contribution in [0, 0.1) is 11.8 Å². The number of hydrogen-bond donors (Lipinski definition) is 0. The molecule has 0 spiro atoms. The van der Waals surface area contributed by atoms with Crippen molar-refractivity contribution in [3.63, 3.8) is 0 Å². The molecular weight excluding hydrogens is 555 g/mol. The van der Waals surface area contributed by atoms with E-state index in [-0.39, 0.29) is 12.6 Å². The molecular formula is C29H33FN10O3. The number of rotatable bonds is 13. The number of alkyl halides is 1. The number of nitrogens with zero attached hydrogens (tertiary/aromatic N) is 10. The highest BCUT2D eigenvalue weighted by Crippen LogP contribution is 2.19. The fourth-order valence-corrected chi connectivity index (χ4v) is 4.37. The smallest absolute Gasteiger partial charge is 0.225 e. The van der Waals surface area contributed by atoms with Crippen molar-refractivity contribution in [3.05, 3.63) is 66.8 Å². The third kappa shape index (κ3) is 8.71. The Bertz CT molecular complexity index is 1460. The fraction of sp³-hybridized carbons (Fsp3) is 0.414. The second-order valence-electron chi connectivity index (χ2n) is 9.55. The molecule has 0 saturated carbocycles. The average molecular weight is 589 g/mol. The summed E-state index contributed by atoms with van der Waals surface area (Å²) in [6, 6.07) is 1.77. The van der Waals surface area contributed by atoms with Crippen LogP contribution in [0.25, 0.3) is 11.4 Å². The monoisotopic (exact) mass is 588 g/mol.